The molecule has 2 amide bonds. The van der Waals surface area contributed by atoms with Crippen LogP contribution < -0.4 is 5.32 Å². The number of likely N-dealkylation sites (tertiary alicyclic amines) is 1. The van der Waals surface area contributed by atoms with E-state index in [1.165, 1.54) is 0 Å². The third-order valence-electron chi connectivity index (χ3n) is 4.59. The van der Waals surface area contributed by atoms with E-state index in [0.717, 1.165) is 38.2 Å². The van der Waals surface area contributed by atoms with E-state index >= 15 is 0 Å². The van der Waals surface area contributed by atoms with Crippen molar-refractivity contribution in [2.24, 2.45) is 11.3 Å². The summed E-state index contributed by atoms with van der Waals surface area (Å²) in [6.45, 7) is 8.88. The molecule has 1 N–H and O–H groups in total. The highest BCUT2D eigenvalue weighted by Gasteiger charge is 2.38. The highest BCUT2D eigenvalue weighted by molar-refractivity contribution is 7.99. The molecule has 6 heteroatoms. The Hall–Kier alpha value is -0.750. The zero-order valence-electron chi connectivity index (χ0n) is 14.9. The van der Waals surface area contributed by atoms with Crippen LogP contribution >= 0.6 is 11.8 Å². The Balaban J connectivity index is 1.92. The zero-order valence-corrected chi connectivity index (χ0v) is 15.7. The summed E-state index contributed by atoms with van der Waals surface area (Å²) in [7, 11) is 1.98. The fraction of sp³-hybridized carbons (Fsp3) is 0.882. The first kappa shape index (κ1) is 18.6. The smallest absolute Gasteiger partial charge is 0.246 e. The Morgan fingerprint density at radius 2 is 1.87 bits per heavy atom. The van der Waals surface area contributed by atoms with Crippen molar-refractivity contribution in [1.82, 2.24) is 15.1 Å². The standard InChI is InChI=1S/C17H31N3O2S/c1-17(2,3)9-15(21)20-12-23-11-14(20)16(22)19-7-5-13(6-8-19)10-18-4/h13-14,18H,5-12H2,1-4H3. The maximum absolute atomic E-state index is 12.8. The van der Waals surface area contributed by atoms with Crippen molar-refractivity contribution in [3.05, 3.63) is 0 Å². The maximum atomic E-state index is 12.8. The molecule has 2 fully saturated rings. The molecule has 2 aliphatic heterocycles. The molecule has 0 aromatic carbocycles. The van der Waals surface area contributed by atoms with Crippen molar-refractivity contribution >= 4 is 23.6 Å². The van der Waals surface area contributed by atoms with E-state index in [-0.39, 0.29) is 23.3 Å². The predicted octanol–water partition coefficient (Wildman–Crippen LogP) is 1.78. The number of amides is 2. The molecule has 0 saturated carbocycles. The van der Waals surface area contributed by atoms with Gasteiger partial charge in [-0.05, 0) is 37.8 Å². The van der Waals surface area contributed by atoms with Crippen LogP contribution in [-0.4, -0.2) is 66.0 Å². The van der Waals surface area contributed by atoms with Crippen molar-refractivity contribution in [2.75, 3.05) is 38.3 Å². The summed E-state index contributed by atoms with van der Waals surface area (Å²) in [4.78, 5) is 29.2. The second-order valence-corrected chi connectivity index (χ2v) is 8.94. The number of piperidine rings is 1. The molecule has 2 saturated heterocycles. The Kier molecular flexibility index (Phi) is 6.37. The molecule has 2 rings (SSSR count). The second-order valence-electron chi connectivity index (χ2n) is 7.94. The molecule has 1 unspecified atom stereocenters. The van der Waals surface area contributed by atoms with Gasteiger partial charge in [0.25, 0.3) is 0 Å². The minimum Gasteiger partial charge on any atom is -0.341 e. The first-order valence-electron chi connectivity index (χ1n) is 8.62. The lowest BCUT2D eigenvalue weighted by Gasteiger charge is -2.35. The number of nitrogens with zero attached hydrogens (tertiary/aromatic N) is 2. The van der Waals surface area contributed by atoms with Crippen LogP contribution in [0.4, 0.5) is 0 Å². The van der Waals surface area contributed by atoms with Gasteiger partial charge in [-0.15, -0.1) is 11.8 Å². The minimum atomic E-state index is -0.254. The summed E-state index contributed by atoms with van der Waals surface area (Å²) in [5.74, 6) is 2.33. The van der Waals surface area contributed by atoms with E-state index in [0.29, 0.717) is 18.2 Å². The number of hydrogen-bond acceptors (Lipinski definition) is 4. The number of hydrogen-bond donors (Lipinski definition) is 1. The van der Waals surface area contributed by atoms with Gasteiger partial charge in [-0.25, -0.2) is 0 Å². The first-order valence-corrected chi connectivity index (χ1v) is 9.78. The fourth-order valence-corrected chi connectivity index (χ4v) is 4.48. The van der Waals surface area contributed by atoms with Crippen molar-refractivity contribution in [3.63, 3.8) is 0 Å². The topological polar surface area (TPSA) is 52.7 Å². The molecule has 5 nitrogen and oxygen atoms in total. The summed E-state index contributed by atoms with van der Waals surface area (Å²) < 4.78 is 0. The average molecular weight is 342 g/mol. The fourth-order valence-electron chi connectivity index (χ4n) is 3.31. The van der Waals surface area contributed by atoms with Crippen molar-refractivity contribution in [2.45, 2.75) is 46.1 Å². The average Bonchev–Trinajstić information content (AvgIpc) is 2.95. The van der Waals surface area contributed by atoms with E-state index < -0.39 is 0 Å². The summed E-state index contributed by atoms with van der Waals surface area (Å²) in [6, 6.07) is -0.254. The van der Waals surface area contributed by atoms with Gasteiger partial charge in [-0.1, -0.05) is 20.8 Å². The molecule has 0 spiro atoms. The van der Waals surface area contributed by atoms with Crippen molar-refractivity contribution in [3.8, 4) is 0 Å². The minimum absolute atomic E-state index is 0.0383. The molecule has 0 aromatic heterocycles. The second kappa shape index (κ2) is 7.88. The van der Waals surface area contributed by atoms with Gasteiger partial charge in [0.1, 0.15) is 6.04 Å². The summed E-state index contributed by atoms with van der Waals surface area (Å²) in [5.41, 5.74) is -0.0383. The number of rotatable bonds is 4. The lowest BCUT2D eigenvalue weighted by atomic mass is 9.91. The normalized spacial score (nSPS) is 23.4. The van der Waals surface area contributed by atoms with E-state index in [1.54, 1.807) is 16.7 Å². The van der Waals surface area contributed by atoms with Crippen LogP contribution in [-0.2, 0) is 9.59 Å². The SMILES string of the molecule is CNCC1CCN(C(=O)C2CSCN2C(=O)CC(C)(C)C)CC1. The van der Waals surface area contributed by atoms with Gasteiger partial charge in [0.15, 0.2) is 0 Å². The quantitative estimate of drug-likeness (QED) is 0.847. The van der Waals surface area contributed by atoms with Crippen LogP contribution in [0.15, 0.2) is 0 Å². The summed E-state index contributed by atoms with van der Waals surface area (Å²) >= 11 is 1.69. The molecular weight excluding hydrogens is 310 g/mol. The van der Waals surface area contributed by atoms with E-state index in [1.807, 2.05) is 11.9 Å². The molecule has 0 aliphatic carbocycles. The Morgan fingerprint density at radius 3 is 2.43 bits per heavy atom. The maximum Gasteiger partial charge on any atom is 0.246 e. The monoisotopic (exact) mass is 341 g/mol. The first-order chi connectivity index (χ1) is 10.8. The number of thioether (sulfide) groups is 1. The molecule has 132 valence electrons. The lowest BCUT2D eigenvalue weighted by molar-refractivity contribution is -0.145. The molecule has 2 aliphatic rings. The Bertz CT molecular complexity index is 428. The number of nitrogens with one attached hydrogen (secondary N) is 1. The van der Waals surface area contributed by atoms with Gasteiger partial charge in [0.2, 0.25) is 11.8 Å². The van der Waals surface area contributed by atoms with Crippen LogP contribution in [0.25, 0.3) is 0 Å². The summed E-state index contributed by atoms with van der Waals surface area (Å²) in [6.07, 6.45) is 2.62. The molecule has 23 heavy (non-hydrogen) atoms. The van der Waals surface area contributed by atoms with Crippen LogP contribution in [0.3, 0.4) is 0 Å². The van der Waals surface area contributed by atoms with E-state index in [4.69, 9.17) is 0 Å². The van der Waals surface area contributed by atoms with Gasteiger partial charge in [0, 0.05) is 25.3 Å². The molecule has 0 bridgehead atoms. The van der Waals surface area contributed by atoms with Gasteiger partial charge in [-0.2, -0.15) is 0 Å². The zero-order chi connectivity index (χ0) is 17.0. The third-order valence-corrected chi connectivity index (χ3v) is 5.60. The number of carbonyl (C=O) groups is 2. The van der Waals surface area contributed by atoms with Crippen molar-refractivity contribution in [1.29, 1.82) is 0 Å². The van der Waals surface area contributed by atoms with Crippen molar-refractivity contribution < 1.29 is 9.59 Å². The Labute approximate surface area is 144 Å². The van der Waals surface area contributed by atoms with Crippen LogP contribution in [0.2, 0.25) is 0 Å². The molecule has 0 aromatic rings. The van der Waals surface area contributed by atoms with Gasteiger partial charge in [-0.3, -0.25) is 9.59 Å². The Morgan fingerprint density at radius 1 is 1.22 bits per heavy atom. The highest BCUT2D eigenvalue weighted by atomic mass is 32.2. The van der Waals surface area contributed by atoms with Crippen LogP contribution in [0.5, 0.6) is 0 Å². The number of carbonyl (C=O) groups excluding carboxylic acids is 2. The van der Waals surface area contributed by atoms with Gasteiger partial charge < -0.3 is 15.1 Å². The molecule has 1 atom stereocenters. The molecule has 0 radical (unpaired) electrons. The van der Waals surface area contributed by atoms with Crippen LogP contribution in [0, 0.1) is 11.3 Å². The van der Waals surface area contributed by atoms with Crippen LogP contribution in [0.1, 0.15) is 40.0 Å². The predicted molar refractivity (Wildman–Crippen MR) is 95.3 cm³/mol. The third kappa shape index (κ3) is 5.11. The van der Waals surface area contributed by atoms with E-state index in [9.17, 15) is 9.59 Å². The van der Waals surface area contributed by atoms with Gasteiger partial charge >= 0.3 is 0 Å². The molecular formula is C17H31N3O2S. The van der Waals surface area contributed by atoms with Gasteiger partial charge in [0.05, 0.1) is 5.88 Å². The summed E-state index contributed by atoms with van der Waals surface area (Å²) in [5, 5.41) is 3.22. The largest absolute Gasteiger partial charge is 0.341 e. The van der Waals surface area contributed by atoms with E-state index in [2.05, 4.69) is 26.1 Å². The lowest BCUT2D eigenvalue weighted by Crippen LogP contribution is -2.51. The highest BCUT2D eigenvalue weighted by Crippen LogP contribution is 2.28. The molecule has 2 heterocycles.